The highest BCUT2D eigenvalue weighted by atomic mass is 16.5. The molecule has 1 aromatic heterocycles. The lowest BCUT2D eigenvalue weighted by atomic mass is 9.84. The lowest BCUT2D eigenvalue weighted by Gasteiger charge is -2.37. The maximum Gasteiger partial charge on any atom is 0.334 e. The van der Waals surface area contributed by atoms with E-state index in [4.69, 9.17) is 9.39 Å². The maximum atomic E-state index is 10.1. The Balaban J connectivity index is 1.72. The van der Waals surface area contributed by atoms with E-state index in [1.54, 1.807) is 27.5 Å². The fraction of sp³-hybridized carbons (Fsp3) is 0.812. The molecule has 1 aliphatic rings. The second-order valence-corrected chi connectivity index (χ2v) is 7.15. The molecule has 1 aliphatic heterocycles. The molecule has 6 nitrogen and oxygen atoms in total. The number of nitrogens with zero attached hydrogens (tertiary/aromatic N) is 3. The normalized spacial score (nSPS) is 17.4. The zero-order valence-electron chi connectivity index (χ0n) is 14.8. The number of aromatic nitrogens is 2. The van der Waals surface area contributed by atoms with Crippen LogP contribution in [0.5, 0.6) is 0 Å². The Labute approximate surface area is 140 Å². The highest BCUT2D eigenvalue weighted by Crippen LogP contribution is 2.24. The zero-order valence-corrected chi connectivity index (χ0v) is 14.8. The van der Waals surface area contributed by atoms with Gasteiger partial charge < -0.3 is 14.5 Å². The Morgan fingerprint density at radius 1 is 1.26 bits per heavy atom. The van der Waals surface area contributed by atoms with Crippen molar-refractivity contribution in [3.63, 3.8) is 0 Å². The molecule has 0 saturated carbocycles. The second-order valence-electron chi connectivity index (χ2n) is 7.15. The highest BCUT2D eigenvalue weighted by molar-refractivity contribution is 6.46. The second kappa shape index (κ2) is 7.79. The van der Waals surface area contributed by atoms with Crippen LogP contribution in [0.15, 0.2) is 12.4 Å². The van der Waals surface area contributed by atoms with Crippen LogP contribution in [0, 0.1) is 0 Å². The summed E-state index contributed by atoms with van der Waals surface area (Å²) in [5.74, 6) is 0. The largest absolute Gasteiger partial charge is 0.427 e. The van der Waals surface area contributed by atoms with E-state index >= 15 is 0 Å². The van der Waals surface area contributed by atoms with Gasteiger partial charge in [0.15, 0.2) is 0 Å². The van der Waals surface area contributed by atoms with E-state index in [-0.39, 0.29) is 0 Å². The minimum atomic E-state index is -0.919. The lowest BCUT2D eigenvalue weighted by molar-refractivity contribution is -0.0893. The van der Waals surface area contributed by atoms with E-state index < -0.39 is 11.2 Å². The smallest absolute Gasteiger partial charge is 0.334 e. The fourth-order valence-electron chi connectivity index (χ4n) is 2.20. The maximum absolute atomic E-state index is 10.1. The minimum Gasteiger partial charge on any atom is -0.427 e. The van der Waals surface area contributed by atoms with Gasteiger partial charge in [-0.2, -0.15) is 5.10 Å². The number of rotatable bonds is 8. The number of ether oxygens (including phenoxy) is 1. The lowest BCUT2D eigenvalue weighted by Crippen LogP contribution is -2.49. The first-order valence-electron chi connectivity index (χ1n) is 8.34. The molecule has 0 aromatic carbocycles. The van der Waals surface area contributed by atoms with Crippen molar-refractivity contribution in [1.29, 1.82) is 0 Å². The van der Waals surface area contributed by atoms with Crippen LogP contribution < -0.4 is 5.46 Å². The topological polar surface area (TPSA) is 59.8 Å². The van der Waals surface area contributed by atoms with Crippen LogP contribution in [-0.4, -0.2) is 71.3 Å². The summed E-state index contributed by atoms with van der Waals surface area (Å²) in [6.07, 6.45) is 4.83. The van der Waals surface area contributed by atoms with Gasteiger partial charge >= 0.3 is 7.48 Å². The van der Waals surface area contributed by atoms with E-state index in [2.05, 4.69) is 10.00 Å². The van der Waals surface area contributed by atoms with Gasteiger partial charge in [-0.3, -0.25) is 9.58 Å². The van der Waals surface area contributed by atoms with Crippen molar-refractivity contribution in [2.45, 2.75) is 51.9 Å². The minimum absolute atomic E-state index is 0.661. The molecular weight excluding hydrogens is 293 g/mol. The molecule has 7 heteroatoms. The van der Waals surface area contributed by atoms with Crippen LogP contribution >= 0.6 is 0 Å². The van der Waals surface area contributed by atoms with Crippen LogP contribution in [0.25, 0.3) is 0 Å². The Kier molecular flexibility index (Phi) is 6.25. The molecule has 1 saturated heterocycles. The molecule has 1 fully saturated rings. The fourth-order valence-corrected chi connectivity index (χ4v) is 2.20. The summed E-state index contributed by atoms with van der Waals surface area (Å²) in [6.45, 7) is 12.9. The van der Waals surface area contributed by atoms with Crippen molar-refractivity contribution in [2.24, 2.45) is 0 Å². The quantitative estimate of drug-likeness (QED) is 0.703. The summed E-state index contributed by atoms with van der Waals surface area (Å²) in [7, 11) is 1.67. The molecule has 2 rings (SSSR count). The van der Waals surface area contributed by atoms with Crippen LogP contribution in [-0.2, 0) is 15.9 Å². The number of hydrogen-bond acceptors (Lipinski definition) is 5. The van der Waals surface area contributed by atoms with Gasteiger partial charge in [0.1, 0.15) is 0 Å². The monoisotopic (exact) mass is 322 g/mol. The van der Waals surface area contributed by atoms with Crippen LogP contribution in [0.3, 0.4) is 0 Å². The summed E-state index contributed by atoms with van der Waals surface area (Å²) in [5.41, 5.74) is -0.669. The first-order chi connectivity index (χ1) is 10.8. The van der Waals surface area contributed by atoms with Crippen molar-refractivity contribution in [3.8, 4) is 0 Å². The standard InChI is InChI=1S/C16H29BN3O3/c1-15(2,21)16(3,4)23-17-14-12-18-20(13-14)7-5-6-19-8-10-22-11-9-19/h12-13,21H,5-11H2,1-4H3. The summed E-state index contributed by atoms with van der Waals surface area (Å²) < 4.78 is 13.0. The van der Waals surface area contributed by atoms with Gasteiger partial charge in [-0.15, -0.1) is 0 Å². The van der Waals surface area contributed by atoms with Crippen molar-refractivity contribution in [2.75, 3.05) is 32.8 Å². The average molecular weight is 322 g/mol. The van der Waals surface area contributed by atoms with Crippen LogP contribution in [0.1, 0.15) is 34.1 Å². The van der Waals surface area contributed by atoms with Gasteiger partial charge in [-0.25, -0.2) is 0 Å². The van der Waals surface area contributed by atoms with Gasteiger partial charge in [0.25, 0.3) is 0 Å². The molecule has 0 spiro atoms. The molecule has 1 N–H and O–H groups in total. The molecule has 0 unspecified atom stereocenters. The number of aryl methyl sites for hydroxylation is 1. The molecule has 0 aliphatic carbocycles. The number of hydrogen-bond donors (Lipinski definition) is 1. The molecular formula is C16H29BN3O3. The van der Waals surface area contributed by atoms with Crippen LogP contribution in [0.4, 0.5) is 0 Å². The van der Waals surface area contributed by atoms with E-state index in [1.807, 2.05) is 24.7 Å². The molecule has 0 atom stereocenters. The predicted octanol–water partition coefficient (Wildman–Crippen LogP) is 0.416. The molecule has 0 bridgehead atoms. The summed E-state index contributed by atoms with van der Waals surface area (Å²) in [6, 6.07) is 0. The molecule has 2 heterocycles. The van der Waals surface area contributed by atoms with E-state index in [0.29, 0.717) is 0 Å². The van der Waals surface area contributed by atoms with Crippen molar-refractivity contribution >= 4 is 12.9 Å². The Hall–Kier alpha value is -0.885. The van der Waals surface area contributed by atoms with Gasteiger partial charge in [-0.1, -0.05) is 0 Å². The molecule has 0 amide bonds. The Morgan fingerprint density at radius 3 is 2.61 bits per heavy atom. The third kappa shape index (κ3) is 5.60. The summed E-state index contributed by atoms with van der Waals surface area (Å²) >= 11 is 0. The molecule has 1 aromatic rings. The van der Waals surface area contributed by atoms with Crippen molar-refractivity contribution in [3.05, 3.63) is 12.4 Å². The van der Waals surface area contributed by atoms with Crippen LogP contribution in [0.2, 0.25) is 0 Å². The number of aliphatic hydroxyl groups is 1. The van der Waals surface area contributed by atoms with E-state index in [9.17, 15) is 5.11 Å². The summed E-state index contributed by atoms with van der Waals surface area (Å²) in [4.78, 5) is 2.43. The highest BCUT2D eigenvalue weighted by Gasteiger charge is 2.35. The van der Waals surface area contributed by atoms with Gasteiger partial charge in [0, 0.05) is 38.6 Å². The molecule has 23 heavy (non-hydrogen) atoms. The first-order valence-corrected chi connectivity index (χ1v) is 8.34. The van der Waals surface area contributed by atoms with Gasteiger partial charge in [0.2, 0.25) is 0 Å². The van der Waals surface area contributed by atoms with Crippen molar-refractivity contribution in [1.82, 2.24) is 14.7 Å². The predicted molar refractivity (Wildman–Crippen MR) is 91.0 cm³/mol. The van der Waals surface area contributed by atoms with Gasteiger partial charge in [0.05, 0.1) is 24.4 Å². The first kappa shape index (κ1) is 18.5. The summed E-state index contributed by atoms with van der Waals surface area (Å²) in [5, 5.41) is 14.5. The molecule has 1 radical (unpaired) electrons. The van der Waals surface area contributed by atoms with E-state index in [0.717, 1.165) is 51.3 Å². The molecule has 129 valence electrons. The van der Waals surface area contributed by atoms with Gasteiger partial charge in [-0.05, 0) is 39.6 Å². The van der Waals surface area contributed by atoms with E-state index in [1.165, 1.54) is 0 Å². The Bertz CT molecular complexity index is 479. The number of morpholine rings is 1. The third-order valence-electron chi connectivity index (χ3n) is 4.58. The SMILES string of the molecule is CC(C)(O)C(C)(C)O[B]c1cnn(CCCN2CCOCC2)c1. The van der Waals surface area contributed by atoms with Crippen molar-refractivity contribution < 1.29 is 14.5 Å². The third-order valence-corrected chi connectivity index (χ3v) is 4.58. The Morgan fingerprint density at radius 2 is 1.96 bits per heavy atom. The average Bonchev–Trinajstić information content (AvgIpc) is 2.93. The zero-order chi connectivity index (χ0) is 16.9.